The Balaban J connectivity index is 2.03. The number of methoxy groups -OCH3 is 1. The van der Waals surface area contributed by atoms with Gasteiger partial charge in [0.1, 0.15) is 5.75 Å². The summed E-state index contributed by atoms with van der Waals surface area (Å²) in [5, 5.41) is 0. The smallest absolute Gasteiger partial charge is 0.243 e. The number of nitrogens with zero attached hydrogens (tertiary/aromatic N) is 3. The first kappa shape index (κ1) is 17.7. The van der Waals surface area contributed by atoms with E-state index < -0.39 is 10.0 Å². The molecule has 0 aliphatic carbocycles. The molecule has 0 radical (unpaired) electrons. The number of benzene rings is 1. The van der Waals surface area contributed by atoms with Gasteiger partial charge in [-0.3, -0.25) is 4.79 Å². The lowest BCUT2D eigenvalue weighted by Gasteiger charge is -2.33. The van der Waals surface area contributed by atoms with E-state index >= 15 is 0 Å². The average molecular weight is 341 g/mol. The fourth-order valence-corrected chi connectivity index (χ4v) is 3.48. The number of amides is 1. The van der Waals surface area contributed by atoms with Gasteiger partial charge in [-0.1, -0.05) is 0 Å². The molecule has 2 rings (SSSR count). The van der Waals surface area contributed by atoms with Crippen molar-refractivity contribution in [2.24, 2.45) is 0 Å². The minimum absolute atomic E-state index is 0.145. The average Bonchev–Trinajstić information content (AvgIpc) is 2.55. The Labute approximate surface area is 137 Å². The van der Waals surface area contributed by atoms with Gasteiger partial charge in [0.15, 0.2) is 0 Å². The topological polar surface area (TPSA) is 70.2 Å². The maximum absolute atomic E-state index is 12.5. The zero-order valence-electron chi connectivity index (χ0n) is 13.7. The van der Waals surface area contributed by atoms with Crippen LogP contribution in [0.1, 0.15) is 0 Å². The zero-order valence-corrected chi connectivity index (χ0v) is 14.5. The third-order valence-electron chi connectivity index (χ3n) is 3.98. The van der Waals surface area contributed by atoms with Crippen LogP contribution in [-0.2, 0) is 14.8 Å². The normalized spacial score (nSPS) is 16.6. The Kier molecular flexibility index (Phi) is 5.61. The molecule has 1 aromatic carbocycles. The van der Waals surface area contributed by atoms with Crippen molar-refractivity contribution < 1.29 is 17.9 Å². The van der Waals surface area contributed by atoms with Gasteiger partial charge in [-0.25, -0.2) is 8.42 Å². The molecule has 1 aromatic rings. The molecule has 1 aliphatic heterocycles. The van der Waals surface area contributed by atoms with Gasteiger partial charge in [0.05, 0.1) is 18.6 Å². The van der Waals surface area contributed by atoms with Gasteiger partial charge in [0, 0.05) is 33.2 Å². The number of piperazine rings is 1. The Bertz CT molecular complexity index is 637. The summed E-state index contributed by atoms with van der Waals surface area (Å²) in [7, 11) is 1.26. The minimum atomic E-state index is -3.69. The van der Waals surface area contributed by atoms with Crippen LogP contribution in [-0.4, -0.2) is 82.4 Å². The summed E-state index contributed by atoms with van der Waals surface area (Å²) in [6.07, 6.45) is 0. The van der Waals surface area contributed by atoms with Crippen molar-refractivity contribution in [3.8, 4) is 5.75 Å². The highest BCUT2D eigenvalue weighted by atomic mass is 32.2. The first-order valence-electron chi connectivity index (χ1n) is 7.41. The van der Waals surface area contributed by atoms with E-state index in [0.717, 1.165) is 17.4 Å². The lowest BCUT2D eigenvalue weighted by molar-refractivity contribution is -0.132. The Morgan fingerprint density at radius 1 is 1.17 bits per heavy atom. The number of ether oxygens (including phenoxy) is 1. The van der Waals surface area contributed by atoms with Crippen molar-refractivity contribution in [1.82, 2.24) is 14.1 Å². The highest BCUT2D eigenvalue weighted by Crippen LogP contribution is 2.18. The lowest BCUT2D eigenvalue weighted by Crippen LogP contribution is -2.50. The van der Waals surface area contributed by atoms with Crippen molar-refractivity contribution in [2.45, 2.75) is 4.90 Å². The van der Waals surface area contributed by atoms with Crippen molar-refractivity contribution >= 4 is 15.9 Å². The Morgan fingerprint density at radius 2 is 1.74 bits per heavy atom. The molecule has 1 saturated heterocycles. The summed E-state index contributed by atoms with van der Waals surface area (Å²) < 4.78 is 31.1. The number of carbonyl (C=O) groups is 1. The summed E-state index contributed by atoms with van der Waals surface area (Å²) in [5.41, 5.74) is 0. The predicted molar refractivity (Wildman–Crippen MR) is 86.9 cm³/mol. The van der Waals surface area contributed by atoms with E-state index in [1.807, 2.05) is 7.05 Å². The number of rotatable bonds is 5. The molecule has 1 aliphatic rings. The predicted octanol–water partition coefficient (Wildman–Crippen LogP) is 0.0897. The van der Waals surface area contributed by atoms with Gasteiger partial charge in [0.25, 0.3) is 0 Å². The number of carbonyl (C=O) groups excluding carboxylic acids is 1. The van der Waals surface area contributed by atoms with Crippen molar-refractivity contribution in [2.75, 3.05) is 53.9 Å². The molecule has 1 amide bonds. The molecule has 0 atom stereocenters. The van der Waals surface area contributed by atoms with Crippen LogP contribution in [0.4, 0.5) is 0 Å². The van der Waals surface area contributed by atoms with Gasteiger partial charge in [-0.05, 0) is 31.3 Å². The summed E-state index contributed by atoms with van der Waals surface area (Å²) in [5.74, 6) is 0.415. The molecule has 0 spiro atoms. The third-order valence-corrected chi connectivity index (χ3v) is 5.80. The van der Waals surface area contributed by atoms with E-state index in [2.05, 4.69) is 4.90 Å². The van der Waals surface area contributed by atoms with E-state index in [1.54, 1.807) is 17.0 Å². The van der Waals surface area contributed by atoms with Crippen LogP contribution in [0.15, 0.2) is 29.2 Å². The van der Waals surface area contributed by atoms with Crippen LogP contribution in [0.3, 0.4) is 0 Å². The van der Waals surface area contributed by atoms with E-state index in [0.29, 0.717) is 18.8 Å². The van der Waals surface area contributed by atoms with Crippen LogP contribution in [0, 0.1) is 0 Å². The summed E-state index contributed by atoms with van der Waals surface area (Å²) in [6.45, 7) is 2.72. The van der Waals surface area contributed by atoms with Crippen molar-refractivity contribution in [3.63, 3.8) is 0 Å². The van der Waals surface area contributed by atoms with E-state index in [1.165, 1.54) is 26.3 Å². The molecule has 8 heteroatoms. The third kappa shape index (κ3) is 4.21. The first-order chi connectivity index (χ1) is 10.8. The zero-order chi connectivity index (χ0) is 17.0. The second kappa shape index (κ2) is 7.29. The fraction of sp³-hybridized carbons (Fsp3) is 0.533. The maximum Gasteiger partial charge on any atom is 0.243 e. The second-order valence-corrected chi connectivity index (χ2v) is 7.67. The van der Waals surface area contributed by atoms with Gasteiger partial charge >= 0.3 is 0 Å². The maximum atomic E-state index is 12.5. The largest absolute Gasteiger partial charge is 0.497 e. The van der Waals surface area contributed by atoms with Crippen molar-refractivity contribution in [1.29, 1.82) is 0 Å². The molecule has 0 bridgehead atoms. The highest BCUT2D eigenvalue weighted by Gasteiger charge is 2.26. The molecule has 0 unspecified atom stereocenters. The van der Waals surface area contributed by atoms with Crippen LogP contribution < -0.4 is 4.74 Å². The molecule has 1 heterocycles. The Hall–Kier alpha value is -1.64. The number of sulfonamides is 1. The molecule has 0 N–H and O–H groups in total. The van der Waals surface area contributed by atoms with Crippen LogP contribution in [0.25, 0.3) is 0 Å². The number of likely N-dealkylation sites (N-methyl/N-ethyl adjacent to an activating group) is 2. The SMILES string of the molecule is COc1ccc(S(=O)(=O)N(C)CC(=O)N2CCN(C)CC2)cc1. The number of hydrogen-bond donors (Lipinski definition) is 0. The van der Waals surface area contributed by atoms with E-state index in [-0.39, 0.29) is 17.3 Å². The summed E-state index contributed by atoms with van der Waals surface area (Å²) in [4.78, 5) is 16.3. The summed E-state index contributed by atoms with van der Waals surface area (Å²) >= 11 is 0. The van der Waals surface area contributed by atoms with Crippen molar-refractivity contribution in [3.05, 3.63) is 24.3 Å². The first-order valence-corrected chi connectivity index (χ1v) is 8.85. The molecule has 128 valence electrons. The quantitative estimate of drug-likeness (QED) is 0.759. The molecule has 0 saturated carbocycles. The van der Waals surface area contributed by atoms with E-state index in [4.69, 9.17) is 4.74 Å². The van der Waals surface area contributed by atoms with Gasteiger partial charge < -0.3 is 14.5 Å². The molecule has 7 nitrogen and oxygen atoms in total. The number of hydrogen-bond acceptors (Lipinski definition) is 5. The highest BCUT2D eigenvalue weighted by molar-refractivity contribution is 7.89. The van der Waals surface area contributed by atoms with Gasteiger partial charge in [-0.2, -0.15) is 4.31 Å². The van der Waals surface area contributed by atoms with Gasteiger partial charge in [-0.15, -0.1) is 0 Å². The molecule has 1 fully saturated rings. The molecule has 0 aromatic heterocycles. The summed E-state index contributed by atoms with van der Waals surface area (Å²) in [6, 6.07) is 6.13. The molecular formula is C15H23N3O4S. The Morgan fingerprint density at radius 3 is 2.26 bits per heavy atom. The molecular weight excluding hydrogens is 318 g/mol. The standard InChI is InChI=1S/C15H23N3O4S/c1-16-8-10-18(11-9-16)15(19)12-17(2)23(20,21)14-6-4-13(22-3)5-7-14/h4-7H,8-12H2,1-3H3. The van der Waals surface area contributed by atoms with Crippen LogP contribution in [0.5, 0.6) is 5.75 Å². The van der Waals surface area contributed by atoms with Crippen LogP contribution in [0.2, 0.25) is 0 Å². The minimum Gasteiger partial charge on any atom is -0.497 e. The van der Waals surface area contributed by atoms with Crippen LogP contribution >= 0.6 is 0 Å². The lowest BCUT2D eigenvalue weighted by atomic mass is 10.3. The second-order valence-electron chi connectivity index (χ2n) is 5.62. The monoisotopic (exact) mass is 341 g/mol. The fourth-order valence-electron chi connectivity index (χ4n) is 2.36. The van der Waals surface area contributed by atoms with Gasteiger partial charge in [0.2, 0.25) is 15.9 Å². The van der Waals surface area contributed by atoms with E-state index in [9.17, 15) is 13.2 Å². The molecule has 23 heavy (non-hydrogen) atoms.